The first kappa shape index (κ1) is 27.1. The number of amides is 2. The van der Waals surface area contributed by atoms with E-state index in [1.54, 1.807) is 26.0 Å². The lowest BCUT2D eigenvalue weighted by Gasteiger charge is -2.09. The van der Waals surface area contributed by atoms with Crippen LogP contribution in [0.4, 0.5) is 10.7 Å². The smallest absolute Gasteiger partial charge is 0.341 e. The fraction of sp³-hybridized carbons (Fsp3) is 0.333. The zero-order valence-electron chi connectivity index (χ0n) is 20.6. The molecule has 2 amide bonds. The molecule has 2 heterocycles. The molecule has 190 valence electrons. The molecule has 12 heteroatoms. The molecule has 0 aliphatic rings. The minimum atomic E-state index is -0.582. The molecule has 0 bridgehead atoms. The van der Waals surface area contributed by atoms with E-state index in [9.17, 15) is 19.2 Å². The van der Waals surface area contributed by atoms with Crippen molar-refractivity contribution in [3.05, 3.63) is 40.3 Å². The molecule has 0 unspecified atom stereocenters. The van der Waals surface area contributed by atoms with Crippen molar-refractivity contribution in [2.75, 3.05) is 23.0 Å². The van der Waals surface area contributed by atoms with Crippen molar-refractivity contribution in [3.63, 3.8) is 0 Å². The van der Waals surface area contributed by atoms with Gasteiger partial charge in [0, 0.05) is 24.7 Å². The number of benzene rings is 1. The largest absolute Gasteiger partial charge is 0.462 e. The Morgan fingerprint density at radius 3 is 2.33 bits per heavy atom. The van der Waals surface area contributed by atoms with Gasteiger partial charge in [0.2, 0.25) is 11.8 Å². The van der Waals surface area contributed by atoms with Crippen molar-refractivity contribution in [2.45, 2.75) is 46.3 Å². The summed E-state index contributed by atoms with van der Waals surface area (Å²) in [5.41, 5.74) is 2.19. The zero-order chi connectivity index (χ0) is 26.4. The number of rotatable bonds is 10. The number of anilines is 2. The first-order chi connectivity index (χ1) is 17.2. The van der Waals surface area contributed by atoms with E-state index in [0.717, 1.165) is 16.9 Å². The van der Waals surface area contributed by atoms with E-state index in [2.05, 4.69) is 20.8 Å². The molecule has 0 aliphatic heterocycles. The third-order valence-corrected chi connectivity index (χ3v) is 7.30. The van der Waals surface area contributed by atoms with Gasteiger partial charge in [-0.15, -0.1) is 21.5 Å². The van der Waals surface area contributed by atoms with E-state index in [4.69, 9.17) is 4.74 Å². The topological polar surface area (TPSA) is 132 Å². The highest BCUT2D eigenvalue weighted by Gasteiger charge is 2.25. The lowest BCUT2D eigenvalue weighted by molar-refractivity contribution is -0.114. The van der Waals surface area contributed by atoms with Gasteiger partial charge < -0.3 is 19.9 Å². The molecule has 0 saturated carbocycles. The number of hydrogen-bond acceptors (Lipinski definition) is 9. The summed E-state index contributed by atoms with van der Waals surface area (Å²) >= 11 is 2.27. The van der Waals surface area contributed by atoms with Crippen LogP contribution in [0.15, 0.2) is 29.4 Å². The second-order valence-electron chi connectivity index (χ2n) is 7.68. The Morgan fingerprint density at radius 1 is 1.06 bits per heavy atom. The minimum Gasteiger partial charge on any atom is -0.462 e. The van der Waals surface area contributed by atoms with Gasteiger partial charge in [-0.25, -0.2) is 4.79 Å². The number of esters is 1. The van der Waals surface area contributed by atoms with Gasteiger partial charge in [-0.1, -0.05) is 11.8 Å². The van der Waals surface area contributed by atoms with Crippen LogP contribution in [-0.4, -0.2) is 50.7 Å². The summed E-state index contributed by atoms with van der Waals surface area (Å²) in [4.78, 5) is 48.8. The number of nitrogens with zero attached hydrogens (tertiary/aromatic N) is 3. The Balaban J connectivity index is 1.74. The average Bonchev–Trinajstić information content (AvgIpc) is 3.38. The highest BCUT2D eigenvalue weighted by molar-refractivity contribution is 7.99. The van der Waals surface area contributed by atoms with E-state index >= 15 is 0 Å². The van der Waals surface area contributed by atoms with Crippen molar-refractivity contribution in [2.24, 2.45) is 0 Å². The lowest BCUT2D eigenvalue weighted by atomic mass is 10.1. The SMILES string of the molecule is CCOC(=O)c1c(NC(=O)CSc2nnc(-c3ccc(NC(C)=O)cc3)n2CC)sc(C(C)=O)c1C. The van der Waals surface area contributed by atoms with Gasteiger partial charge in [0.1, 0.15) is 5.00 Å². The standard InChI is InChI=1S/C24H27N5O5S2/c1-6-29-21(16-8-10-17(11-9-16)25-15(5)31)27-28-24(29)35-12-18(32)26-22-19(23(33)34-7-2)13(3)20(36-22)14(4)30/h8-11H,6-7,12H2,1-5H3,(H,25,31)(H,26,32). The molecule has 0 fully saturated rings. The summed E-state index contributed by atoms with van der Waals surface area (Å²) in [5.74, 6) is -0.615. The maximum Gasteiger partial charge on any atom is 0.341 e. The number of ether oxygens (including phenoxy) is 1. The van der Waals surface area contributed by atoms with Crippen LogP contribution in [0.2, 0.25) is 0 Å². The van der Waals surface area contributed by atoms with Gasteiger partial charge >= 0.3 is 5.97 Å². The lowest BCUT2D eigenvalue weighted by Crippen LogP contribution is -2.17. The average molecular weight is 530 g/mol. The second-order valence-corrected chi connectivity index (χ2v) is 9.65. The maximum atomic E-state index is 12.8. The van der Waals surface area contributed by atoms with Crippen molar-refractivity contribution in [3.8, 4) is 11.4 Å². The number of aromatic nitrogens is 3. The Bertz CT molecular complexity index is 1300. The molecule has 0 radical (unpaired) electrons. The monoisotopic (exact) mass is 529 g/mol. The molecule has 10 nitrogen and oxygen atoms in total. The van der Waals surface area contributed by atoms with Crippen LogP contribution in [0, 0.1) is 6.92 Å². The molecule has 1 aromatic carbocycles. The number of Topliss-reactive ketones (excluding diaryl/α,β-unsaturated/α-hetero) is 1. The summed E-state index contributed by atoms with van der Waals surface area (Å²) in [6.07, 6.45) is 0. The molecule has 2 aromatic heterocycles. The van der Waals surface area contributed by atoms with Crippen LogP contribution in [0.1, 0.15) is 53.3 Å². The molecular formula is C24H27N5O5S2. The number of thiophene rings is 1. The Kier molecular flexibility index (Phi) is 8.99. The third-order valence-electron chi connectivity index (χ3n) is 5.03. The molecule has 0 spiro atoms. The van der Waals surface area contributed by atoms with Gasteiger partial charge in [-0.2, -0.15) is 0 Å². The molecule has 3 rings (SSSR count). The number of carbonyl (C=O) groups is 4. The van der Waals surface area contributed by atoms with Gasteiger partial charge in [0.05, 0.1) is 22.8 Å². The van der Waals surface area contributed by atoms with Crippen LogP contribution in [0.5, 0.6) is 0 Å². The molecule has 0 saturated heterocycles. The number of ketones is 1. The van der Waals surface area contributed by atoms with Gasteiger partial charge in [0.15, 0.2) is 16.8 Å². The number of nitrogens with one attached hydrogen (secondary N) is 2. The fourth-order valence-electron chi connectivity index (χ4n) is 3.48. The maximum absolute atomic E-state index is 12.8. The van der Waals surface area contributed by atoms with E-state index in [0.29, 0.717) is 38.7 Å². The van der Waals surface area contributed by atoms with E-state index in [1.807, 2.05) is 23.6 Å². The van der Waals surface area contributed by atoms with Crippen LogP contribution in [0.3, 0.4) is 0 Å². The zero-order valence-corrected chi connectivity index (χ0v) is 22.3. The van der Waals surface area contributed by atoms with E-state index in [1.165, 1.54) is 25.6 Å². The Morgan fingerprint density at radius 2 is 1.75 bits per heavy atom. The summed E-state index contributed by atoms with van der Waals surface area (Å²) < 4.78 is 7.00. The molecular weight excluding hydrogens is 502 g/mol. The summed E-state index contributed by atoms with van der Waals surface area (Å²) in [7, 11) is 0. The predicted octanol–water partition coefficient (Wildman–Crippen LogP) is 4.40. The van der Waals surface area contributed by atoms with E-state index < -0.39 is 5.97 Å². The quantitative estimate of drug-likeness (QED) is 0.224. The van der Waals surface area contributed by atoms with Gasteiger partial charge in [0.25, 0.3) is 0 Å². The van der Waals surface area contributed by atoms with Crippen LogP contribution in [-0.2, 0) is 20.9 Å². The Labute approximate surface area is 216 Å². The summed E-state index contributed by atoms with van der Waals surface area (Å²) in [5, 5.41) is 14.8. The molecule has 0 atom stereocenters. The Hall–Kier alpha value is -3.51. The van der Waals surface area contributed by atoms with Crippen molar-refractivity contribution in [1.82, 2.24) is 14.8 Å². The molecule has 36 heavy (non-hydrogen) atoms. The van der Waals surface area contributed by atoms with Crippen molar-refractivity contribution in [1.29, 1.82) is 0 Å². The normalized spacial score (nSPS) is 10.7. The van der Waals surface area contributed by atoms with Gasteiger partial charge in [-0.05, 0) is 57.5 Å². The minimum absolute atomic E-state index is 0.0220. The van der Waals surface area contributed by atoms with Crippen molar-refractivity contribution < 1.29 is 23.9 Å². The first-order valence-corrected chi connectivity index (χ1v) is 13.0. The highest BCUT2D eigenvalue weighted by Crippen LogP contribution is 2.34. The van der Waals surface area contributed by atoms with Crippen LogP contribution < -0.4 is 10.6 Å². The highest BCUT2D eigenvalue weighted by atomic mass is 32.2. The predicted molar refractivity (Wildman–Crippen MR) is 140 cm³/mol. The molecule has 0 aliphatic carbocycles. The number of thioether (sulfide) groups is 1. The number of hydrogen-bond donors (Lipinski definition) is 2. The summed E-state index contributed by atoms with van der Waals surface area (Å²) in [6.45, 7) is 8.93. The number of carbonyl (C=O) groups excluding carboxylic acids is 4. The van der Waals surface area contributed by atoms with E-state index in [-0.39, 0.29) is 35.5 Å². The summed E-state index contributed by atoms with van der Waals surface area (Å²) in [6, 6.07) is 7.24. The second kappa shape index (κ2) is 12.0. The third kappa shape index (κ3) is 6.18. The molecule has 3 aromatic rings. The van der Waals surface area contributed by atoms with Gasteiger partial charge in [-0.3, -0.25) is 14.4 Å². The fourth-order valence-corrected chi connectivity index (χ4v) is 5.39. The molecule has 2 N–H and O–H groups in total. The van der Waals surface area contributed by atoms with Crippen LogP contribution in [0.25, 0.3) is 11.4 Å². The van der Waals surface area contributed by atoms with Crippen LogP contribution >= 0.6 is 23.1 Å². The first-order valence-electron chi connectivity index (χ1n) is 11.2. The van der Waals surface area contributed by atoms with Crippen molar-refractivity contribution >= 4 is 57.4 Å².